The summed E-state index contributed by atoms with van der Waals surface area (Å²) in [5.74, 6) is 1.55. The van der Waals surface area contributed by atoms with E-state index in [0.717, 1.165) is 48.0 Å². The Balaban J connectivity index is 0.990. The number of ether oxygens (including phenoxy) is 3. The highest BCUT2D eigenvalue weighted by Crippen LogP contribution is 2.67. The maximum absolute atomic E-state index is 13.3. The van der Waals surface area contributed by atoms with Gasteiger partial charge in [-0.05, 0) is 111 Å². The predicted molar refractivity (Wildman–Crippen MR) is 215 cm³/mol. The van der Waals surface area contributed by atoms with Crippen LogP contribution in [-0.4, -0.2) is 96.1 Å². The van der Waals surface area contributed by atoms with Gasteiger partial charge < -0.3 is 29.5 Å². The Morgan fingerprint density at radius 1 is 0.965 bits per heavy atom. The monoisotopic (exact) mass is 808 g/mol. The maximum atomic E-state index is 13.3. The third-order valence-corrected chi connectivity index (χ3v) is 15.3. The van der Waals surface area contributed by atoms with Gasteiger partial charge in [0.05, 0.1) is 23.3 Å². The number of piperidine rings is 1. The van der Waals surface area contributed by atoms with E-state index in [4.69, 9.17) is 14.2 Å². The van der Waals surface area contributed by atoms with Crippen LogP contribution in [0.4, 0.5) is 13.2 Å². The molecule has 0 radical (unpaired) electrons. The fourth-order valence-electron chi connectivity index (χ4n) is 10.4. The number of rotatable bonds is 17. The molecule has 3 aromatic carbocycles. The normalized spacial score (nSPS) is 28.6. The number of aromatic hydroxyl groups is 1. The number of halogens is 3. The highest BCUT2D eigenvalue weighted by atomic mass is 28.3. The molecule has 0 amide bonds. The molecule has 3 N–H and O–H groups in total. The van der Waals surface area contributed by atoms with Gasteiger partial charge in [-0.2, -0.15) is 13.2 Å². The van der Waals surface area contributed by atoms with Crippen LogP contribution >= 0.6 is 0 Å². The van der Waals surface area contributed by atoms with Crippen LogP contribution in [0.5, 0.6) is 17.2 Å². The van der Waals surface area contributed by atoms with E-state index in [2.05, 4.69) is 29.4 Å². The molecule has 8 nitrogen and oxygen atoms in total. The second-order valence-electron chi connectivity index (χ2n) is 18.8. The lowest BCUT2D eigenvalue weighted by Crippen LogP contribution is -2.79. The number of aliphatic hydroxyl groups is 2. The number of hydrogen-bond acceptors (Lipinski definition) is 8. The molecule has 3 aromatic rings. The van der Waals surface area contributed by atoms with Crippen molar-refractivity contribution in [2.24, 2.45) is 5.92 Å². The van der Waals surface area contributed by atoms with Crippen molar-refractivity contribution in [1.82, 2.24) is 9.80 Å². The summed E-state index contributed by atoms with van der Waals surface area (Å²) < 4.78 is 59.2. The third kappa shape index (κ3) is 7.99. The first-order valence-electron chi connectivity index (χ1n) is 21.0. The average molecular weight is 809 g/mol. The van der Waals surface area contributed by atoms with E-state index in [9.17, 15) is 28.5 Å². The van der Waals surface area contributed by atoms with Gasteiger partial charge in [-0.15, -0.1) is 0 Å². The summed E-state index contributed by atoms with van der Waals surface area (Å²) in [5.41, 5.74) is -0.870. The van der Waals surface area contributed by atoms with Gasteiger partial charge >= 0.3 is 6.18 Å². The Labute approximate surface area is 335 Å². The number of phenols is 1. The van der Waals surface area contributed by atoms with Crippen molar-refractivity contribution in [2.75, 3.05) is 39.5 Å². The zero-order chi connectivity index (χ0) is 40.2. The van der Waals surface area contributed by atoms with Crippen molar-refractivity contribution < 1.29 is 42.7 Å². The lowest BCUT2D eigenvalue weighted by Gasteiger charge is -2.65. The Morgan fingerprint density at radius 2 is 1.72 bits per heavy atom. The van der Waals surface area contributed by atoms with E-state index in [1.165, 1.54) is 25.0 Å². The summed E-state index contributed by atoms with van der Waals surface area (Å²) >= 11 is 0. The third-order valence-electron chi connectivity index (χ3n) is 13.6. The van der Waals surface area contributed by atoms with Gasteiger partial charge in [-0.1, -0.05) is 56.0 Å². The van der Waals surface area contributed by atoms with Crippen molar-refractivity contribution in [3.8, 4) is 17.2 Å². The summed E-state index contributed by atoms with van der Waals surface area (Å²) in [5, 5.41) is 36.7. The predicted octanol–water partition coefficient (Wildman–Crippen LogP) is 8.31. The number of likely N-dealkylation sites (tertiary alicyclic amines) is 1. The first-order valence-corrected chi connectivity index (χ1v) is 24.7. The zero-order valence-corrected chi connectivity index (χ0v) is 34.6. The quantitative estimate of drug-likeness (QED) is 0.0713. The molecule has 2 bridgehead atoms. The summed E-state index contributed by atoms with van der Waals surface area (Å²) in [7, 11) is -1.32. The summed E-state index contributed by atoms with van der Waals surface area (Å²) in [6, 6.07) is 19.2. The highest BCUT2D eigenvalue weighted by Gasteiger charge is 2.75. The van der Waals surface area contributed by atoms with E-state index in [1.807, 2.05) is 36.4 Å². The summed E-state index contributed by atoms with van der Waals surface area (Å²) in [4.78, 5) is 4.74. The minimum Gasteiger partial charge on any atom is -0.504 e. The smallest absolute Gasteiger partial charge is 0.416 e. The van der Waals surface area contributed by atoms with E-state index in [1.54, 1.807) is 6.07 Å². The van der Waals surface area contributed by atoms with Gasteiger partial charge in [0.25, 0.3) is 0 Å². The molecule has 3 aliphatic carbocycles. The molecule has 5 aliphatic rings. The summed E-state index contributed by atoms with van der Waals surface area (Å²) in [6.07, 6.45) is 0.858. The van der Waals surface area contributed by atoms with Crippen LogP contribution in [0.25, 0.3) is 0 Å². The first kappa shape index (κ1) is 40.6. The first-order chi connectivity index (χ1) is 27.1. The number of hydrogen-bond donors (Lipinski definition) is 3. The van der Waals surface area contributed by atoms with Crippen molar-refractivity contribution in [1.29, 1.82) is 0 Å². The van der Waals surface area contributed by atoms with Crippen LogP contribution in [0, 0.1) is 5.92 Å². The molecule has 310 valence electrons. The maximum Gasteiger partial charge on any atom is 0.416 e. The Hall–Kier alpha value is -3.13. The molecule has 8 rings (SSSR count). The molecule has 57 heavy (non-hydrogen) atoms. The topological polar surface area (TPSA) is 94.9 Å². The second-order valence-corrected chi connectivity index (χ2v) is 24.4. The van der Waals surface area contributed by atoms with Crippen molar-refractivity contribution >= 4 is 8.07 Å². The standard InChI is InChI=1S/C45H59F3N2O6Si/c1-57(2,3)27-26-54-30-49(24-18-37(32-8-5-4-6-9-32)55-35-15-13-34(14-16-35)45(46,47)48)23-7-19-42(52)20-21-44(53)38-28-33-12-17-36(51)40-39(33)43(44,41(42)56-40)22-25-50(38)29-31-10-11-31/h4-6,8-9,12-17,31,37-38,41,51-53H,7,10-11,18-30H2,1-3H3/t37?,38?,41-,42-,43-,44+/m0/s1. The van der Waals surface area contributed by atoms with E-state index >= 15 is 0 Å². The van der Waals surface area contributed by atoms with Crippen LogP contribution in [-0.2, 0) is 22.7 Å². The molecule has 1 spiro atoms. The number of nitrogens with zero attached hydrogens (tertiary/aromatic N) is 2. The lowest BCUT2D eigenvalue weighted by atomic mass is 9.46. The largest absolute Gasteiger partial charge is 0.504 e. The van der Waals surface area contributed by atoms with Crippen molar-refractivity contribution in [3.05, 3.63) is 89.0 Å². The molecule has 2 heterocycles. The molecule has 2 saturated carbocycles. The Bertz CT molecular complexity index is 1870. The van der Waals surface area contributed by atoms with E-state index < -0.39 is 48.6 Å². The van der Waals surface area contributed by atoms with Crippen molar-refractivity contribution in [2.45, 2.75) is 125 Å². The molecular weight excluding hydrogens is 750 g/mol. The Morgan fingerprint density at radius 3 is 2.42 bits per heavy atom. The average Bonchev–Trinajstić information content (AvgIpc) is 3.91. The van der Waals surface area contributed by atoms with Gasteiger partial charge in [0.15, 0.2) is 11.5 Å². The minimum atomic E-state index is -4.43. The number of benzene rings is 3. The summed E-state index contributed by atoms with van der Waals surface area (Å²) in [6.45, 7) is 11.1. The molecule has 1 saturated heterocycles. The SMILES string of the molecule is C[Si](C)(C)CCOCN(CCC[C@]1(O)CC[C@@]2(O)C3Cc4ccc(O)c5c4[C@@]2(CCN3CC2CC2)[C@H]1O5)CCC(Oc1ccc(C(F)(F)F)cc1)c1ccccc1. The molecule has 0 aromatic heterocycles. The van der Waals surface area contributed by atoms with E-state index in [0.29, 0.717) is 88.8 Å². The lowest BCUT2D eigenvalue weighted by molar-refractivity contribution is -0.237. The van der Waals surface area contributed by atoms with Crippen LogP contribution in [0.1, 0.15) is 79.7 Å². The molecule has 6 atom stereocenters. The van der Waals surface area contributed by atoms with Gasteiger partial charge in [-0.25, -0.2) is 0 Å². The van der Waals surface area contributed by atoms with Crippen LogP contribution in [0.2, 0.25) is 25.7 Å². The fourth-order valence-corrected chi connectivity index (χ4v) is 11.2. The molecule has 2 aliphatic heterocycles. The van der Waals surface area contributed by atoms with Gasteiger partial charge in [0, 0.05) is 52.3 Å². The van der Waals surface area contributed by atoms with Crippen LogP contribution in [0.3, 0.4) is 0 Å². The Kier molecular flexibility index (Phi) is 11.0. The highest BCUT2D eigenvalue weighted by molar-refractivity contribution is 6.76. The van der Waals surface area contributed by atoms with Crippen LogP contribution in [0.15, 0.2) is 66.7 Å². The minimum absolute atomic E-state index is 0.0587. The van der Waals surface area contributed by atoms with Gasteiger partial charge in [-0.3, -0.25) is 9.80 Å². The number of alkyl halides is 3. The number of phenolic OH excluding ortho intramolecular Hbond substituents is 1. The van der Waals surface area contributed by atoms with Gasteiger partial charge in [0.2, 0.25) is 0 Å². The second kappa shape index (κ2) is 15.5. The molecular formula is C45H59F3N2O6Si. The molecule has 12 heteroatoms. The molecule has 3 fully saturated rings. The zero-order valence-electron chi connectivity index (χ0n) is 33.6. The van der Waals surface area contributed by atoms with E-state index in [-0.39, 0.29) is 11.8 Å². The van der Waals surface area contributed by atoms with Crippen LogP contribution < -0.4 is 9.47 Å². The molecule has 2 unspecified atom stereocenters. The van der Waals surface area contributed by atoms with Gasteiger partial charge in [0.1, 0.15) is 23.6 Å². The fraction of sp³-hybridized carbons (Fsp3) is 0.600. The van der Waals surface area contributed by atoms with Crippen molar-refractivity contribution in [3.63, 3.8) is 0 Å².